The Bertz CT molecular complexity index is 974. The van der Waals surface area contributed by atoms with Crippen LogP contribution in [-0.2, 0) is 0 Å². The Labute approximate surface area is 163 Å². The Morgan fingerprint density at radius 2 is 1.75 bits per heavy atom. The van der Waals surface area contributed by atoms with Crippen molar-refractivity contribution in [2.45, 2.75) is 0 Å². The maximum absolute atomic E-state index is 5.75. The second kappa shape index (κ2) is 7.34. The molecule has 28 heavy (non-hydrogen) atoms. The number of likely N-dealkylation sites (N-methyl/N-ethyl adjacent to an activating group) is 1. The van der Waals surface area contributed by atoms with Gasteiger partial charge in [-0.25, -0.2) is 4.98 Å². The molecule has 0 amide bonds. The van der Waals surface area contributed by atoms with Gasteiger partial charge in [0.05, 0.1) is 51.3 Å². The molecule has 7 nitrogen and oxygen atoms in total. The molecule has 1 aliphatic heterocycles. The molecule has 0 atom stereocenters. The molecule has 1 aliphatic rings. The molecule has 1 aromatic heterocycles. The summed E-state index contributed by atoms with van der Waals surface area (Å²) in [6.45, 7) is 1.56. The van der Waals surface area contributed by atoms with Gasteiger partial charge in [0.25, 0.3) is 0 Å². The zero-order chi connectivity index (χ0) is 19.7. The summed E-state index contributed by atoms with van der Waals surface area (Å²) in [7, 11) is 6.86. The van der Waals surface area contributed by atoms with Crippen LogP contribution in [0, 0.1) is 0 Å². The fourth-order valence-electron chi connectivity index (χ4n) is 3.46. The van der Waals surface area contributed by atoms with E-state index >= 15 is 0 Å². The standard InChI is InChI=1S/C21H23N3O4/c1-24-7-8-28-16-6-5-13(9-15(16)24)19-20(23-12-22-19)14-10-17(25-2)21(27-4)18(11-14)26-3/h5-6,9-12H,7-8H2,1-4H3,(H,22,23). The Morgan fingerprint density at radius 3 is 2.43 bits per heavy atom. The van der Waals surface area contributed by atoms with E-state index in [1.54, 1.807) is 27.7 Å². The van der Waals surface area contributed by atoms with E-state index < -0.39 is 0 Å². The van der Waals surface area contributed by atoms with E-state index in [0.717, 1.165) is 40.5 Å². The third-order valence-corrected chi connectivity index (χ3v) is 4.92. The van der Waals surface area contributed by atoms with E-state index in [4.69, 9.17) is 18.9 Å². The number of hydrogen-bond acceptors (Lipinski definition) is 6. The summed E-state index contributed by atoms with van der Waals surface area (Å²) < 4.78 is 22.1. The number of aromatic amines is 1. The van der Waals surface area contributed by atoms with Gasteiger partial charge in [-0.05, 0) is 30.3 Å². The number of methoxy groups -OCH3 is 3. The topological polar surface area (TPSA) is 68.8 Å². The van der Waals surface area contributed by atoms with Crippen LogP contribution in [0.2, 0.25) is 0 Å². The Kier molecular flexibility index (Phi) is 4.73. The third kappa shape index (κ3) is 2.98. The number of nitrogens with one attached hydrogen (secondary N) is 1. The van der Waals surface area contributed by atoms with E-state index in [0.29, 0.717) is 23.9 Å². The first-order chi connectivity index (χ1) is 13.7. The van der Waals surface area contributed by atoms with Crippen LogP contribution in [0.15, 0.2) is 36.7 Å². The zero-order valence-corrected chi connectivity index (χ0v) is 16.4. The average Bonchev–Trinajstić information content (AvgIpc) is 3.22. The molecule has 146 valence electrons. The quantitative estimate of drug-likeness (QED) is 0.728. The van der Waals surface area contributed by atoms with Crippen molar-refractivity contribution in [1.29, 1.82) is 0 Å². The highest BCUT2D eigenvalue weighted by Gasteiger charge is 2.20. The fourth-order valence-corrected chi connectivity index (χ4v) is 3.46. The summed E-state index contributed by atoms with van der Waals surface area (Å²) >= 11 is 0. The van der Waals surface area contributed by atoms with Crippen molar-refractivity contribution in [3.05, 3.63) is 36.7 Å². The molecule has 0 unspecified atom stereocenters. The largest absolute Gasteiger partial charge is 0.493 e. The number of imidazole rings is 1. The molecule has 0 saturated heterocycles. The smallest absolute Gasteiger partial charge is 0.203 e. The van der Waals surface area contributed by atoms with Gasteiger partial charge in [-0.2, -0.15) is 0 Å². The second-order valence-corrected chi connectivity index (χ2v) is 6.49. The molecule has 1 N–H and O–H groups in total. The number of H-pyrrole nitrogens is 1. The van der Waals surface area contributed by atoms with E-state index in [-0.39, 0.29) is 0 Å². The van der Waals surface area contributed by atoms with E-state index in [1.807, 2.05) is 24.3 Å². The molecule has 2 aromatic carbocycles. The summed E-state index contributed by atoms with van der Waals surface area (Å²) in [4.78, 5) is 10.0. The summed E-state index contributed by atoms with van der Waals surface area (Å²) in [5, 5.41) is 0. The van der Waals surface area contributed by atoms with Gasteiger partial charge in [0.1, 0.15) is 12.4 Å². The van der Waals surface area contributed by atoms with Crippen LogP contribution in [0.1, 0.15) is 0 Å². The summed E-state index contributed by atoms with van der Waals surface area (Å²) in [6, 6.07) is 9.94. The highest BCUT2D eigenvalue weighted by Crippen LogP contribution is 2.43. The van der Waals surface area contributed by atoms with Gasteiger partial charge >= 0.3 is 0 Å². The van der Waals surface area contributed by atoms with Crippen molar-refractivity contribution in [3.63, 3.8) is 0 Å². The van der Waals surface area contributed by atoms with Crippen molar-refractivity contribution in [3.8, 4) is 45.5 Å². The molecule has 3 aromatic rings. The number of nitrogens with zero attached hydrogens (tertiary/aromatic N) is 2. The number of fused-ring (bicyclic) bond motifs is 1. The lowest BCUT2D eigenvalue weighted by Crippen LogP contribution is -2.28. The normalized spacial score (nSPS) is 12.9. The van der Waals surface area contributed by atoms with Gasteiger partial charge < -0.3 is 28.8 Å². The molecule has 0 radical (unpaired) electrons. The first-order valence-electron chi connectivity index (χ1n) is 8.98. The van der Waals surface area contributed by atoms with Crippen molar-refractivity contribution in [2.24, 2.45) is 0 Å². The lowest BCUT2D eigenvalue weighted by molar-refractivity contribution is 0.311. The lowest BCUT2D eigenvalue weighted by atomic mass is 10.0. The lowest BCUT2D eigenvalue weighted by Gasteiger charge is -2.28. The molecule has 2 heterocycles. The van der Waals surface area contributed by atoms with Crippen LogP contribution in [0.4, 0.5) is 5.69 Å². The SMILES string of the molecule is COc1cc(-c2nc[nH]c2-c2ccc3c(c2)N(C)CCO3)cc(OC)c1OC. The van der Waals surface area contributed by atoms with E-state index in [1.165, 1.54) is 0 Å². The van der Waals surface area contributed by atoms with E-state index in [2.05, 4.69) is 28.0 Å². The van der Waals surface area contributed by atoms with Crippen molar-refractivity contribution >= 4 is 5.69 Å². The fraction of sp³-hybridized carbons (Fsp3) is 0.286. The molecule has 4 rings (SSSR count). The Balaban J connectivity index is 1.82. The van der Waals surface area contributed by atoms with E-state index in [9.17, 15) is 0 Å². The monoisotopic (exact) mass is 381 g/mol. The molecular formula is C21H23N3O4. The predicted octanol–water partition coefficient (Wildman–Crippen LogP) is 3.60. The summed E-state index contributed by atoms with van der Waals surface area (Å²) in [5.41, 5.74) is 4.68. The third-order valence-electron chi connectivity index (χ3n) is 4.92. The highest BCUT2D eigenvalue weighted by molar-refractivity contribution is 5.83. The van der Waals surface area contributed by atoms with Gasteiger partial charge in [-0.3, -0.25) is 0 Å². The average molecular weight is 381 g/mol. The van der Waals surface area contributed by atoms with Crippen LogP contribution < -0.4 is 23.8 Å². The highest BCUT2D eigenvalue weighted by atomic mass is 16.5. The number of aromatic nitrogens is 2. The molecule has 0 aliphatic carbocycles. The number of benzene rings is 2. The summed E-state index contributed by atoms with van der Waals surface area (Å²) in [5.74, 6) is 2.62. The summed E-state index contributed by atoms with van der Waals surface area (Å²) in [6.07, 6.45) is 1.69. The van der Waals surface area contributed by atoms with Crippen molar-refractivity contribution < 1.29 is 18.9 Å². The predicted molar refractivity (Wildman–Crippen MR) is 108 cm³/mol. The minimum absolute atomic E-state index is 0.554. The zero-order valence-electron chi connectivity index (χ0n) is 16.4. The van der Waals surface area contributed by atoms with Crippen LogP contribution in [0.3, 0.4) is 0 Å². The maximum atomic E-state index is 5.75. The van der Waals surface area contributed by atoms with Crippen LogP contribution >= 0.6 is 0 Å². The van der Waals surface area contributed by atoms with Gasteiger partial charge in [-0.15, -0.1) is 0 Å². The number of hydrogen-bond donors (Lipinski definition) is 1. The molecule has 7 heteroatoms. The molecule has 0 fully saturated rings. The van der Waals surface area contributed by atoms with Gasteiger partial charge in [0.15, 0.2) is 11.5 Å². The van der Waals surface area contributed by atoms with Gasteiger partial charge in [0.2, 0.25) is 5.75 Å². The van der Waals surface area contributed by atoms with Gasteiger partial charge in [-0.1, -0.05) is 0 Å². The van der Waals surface area contributed by atoms with Gasteiger partial charge in [0, 0.05) is 18.2 Å². The van der Waals surface area contributed by atoms with Crippen LogP contribution in [0.25, 0.3) is 22.5 Å². The molecular weight excluding hydrogens is 358 g/mol. The Hall–Kier alpha value is -3.35. The maximum Gasteiger partial charge on any atom is 0.203 e. The second-order valence-electron chi connectivity index (χ2n) is 6.49. The van der Waals surface area contributed by atoms with Crippen LogP contribution in [-0.4, -0.2) is 51.5 Å². The van der Waals surface area contributed by atoms with Crippen molar-refractivity contribution in [1.82, 2.24) is 9.97 Å². The molecule has 0 spiro atoms. The molecule has 0 saturated carbocycles. The number of ether oxygens (including phenoxy) is 4. The number of anilines is 1. The molecule has 0 bridgehead atoms. The Morgan fingerprint density at radius 1 is 1.00 bits per heavy atom. The first kappa shape index (κ1) is 18.0. The number of rotatable bonds is 5. The first-order valence-corrected chi connectivity index (χ1v) is 8.98. The minimum atomic E-state index is 0.554. The van der Waals surface area contributed by atoms with Crippen molar-refractivity contribution in [2.75, 3.05) is 46.4 Å². The minimum Gasteiger partial charge on any atom is -0.493 e. The van der Waals surface area contributed by atoms with Crippen LogP contribution in [0.5, 0.6) is 23.0 Å².